The van der Waals surface area contributed by atoms with Crippen LogP contribution in [0.5, 0.6) is 0 Å². The summed E-state index contributed by atoms with van der Waals surface area (Å²) in [6.07, 6.45) is 5.47. The van der Waals surface area contributed by atoms with Gasteiger partial charge in [0.25, 0.3) is 0 Å². The molecule has 1 N–H and O–H groups in total. The average Bonchev–Trinajstić information content (AvgIpc) is 3.41. The maximum atomic E-state index is 12.2. The fraction of sp³-hybridized carbons (Fsp3) is 0.944. The van der Waals surface area contributed by atoms with Crippen LogP contribution in [-0.4, -0.2) is 80.0 Å². The number of hydrogen-bond donors (Lipinski definition) is 1. The van der Waals surface area contributed by atoms with Crippen LogP contribution >= 0.6 is 24.0 Å². The lowest BCUT2D eigenvalue weighted by Crippen LogP contribution is -2.57. The van der Waals surface area contributed by atoms with Crippen LogP contribution in [0.2, 0.25) is 0 Å². The monoisotopic (exact) mass is 498 g/mol. The Morgan fingerprint density at radius 2 is 1.96 bits per heavy atom. The van der Waals surface area contributed by atoms with E-state index in [4.69, 9.17) is 4.99 Å². The summed E-state index contributed by atoms with van der Waals surface area (Å²) in [5.41, 5.74) is 0. The molecular formula is C18H35IN4O2S. The summed E-state index contributed by atoms with van der Waals surface area (Å²) in [5.74, 6) is 2.00. The molecule has 0 atom stereocenters. The standard InChI is InChI=1S/C18H34N4O2S.HI/c1-4-19-17(22-11-12-25(23,24)18(2,3)14-22)20-9-10-21(16-7-8-16)13-15-5-6-15;/h15-16H,4-14H2,1-3H3,(H,19,20);1H. The highest BCUT2D eigenvalue weighted by atomic mass is 127. The van der Waals surface area contributed by atoms with Crippen LogP contribution in [0, 0.1) is 5.92 Å². The maximum absolute atomic E-state index is 12.2. The van der Waals surface area contributed by atoms with E-state index in [-0.39, 0.29) is 29.7 Å². The number of nitrogens with one attached hydrogen (secondary N) is 1. The van der Waals surface area contributed by atoms with Crippen LogP contribution in [0.4, 0.5) is 0 Å². The van der Waals surface area contributed by atoms with Gasteiger partial charge in [0.2, 0.25) is 0 Å². The SMILES string of the molecule is CCNC(=NCCN(CC1CC1)C1CC1)N1CCS(=O)(=O)C(C)(C)C1.I. The number of aliphatic imine (C=N–C) groups is 1. The van der Waals surface area contributed by atoms with Gasteiger partial charge in [0, 0.05) is 38.8 Å². The molecule has 152 valence electrons. The number of rotatable bonds is 7. The molecule has 0 aromatic heterocycles. The van der Waals surface area contributed by atoms with Crippen molar-refractivity contribution in [3.63, 3.8) is 0 Å². The molecule has 0 radical (unpaired) electrons. The molecule has 0 amide bonds. The maximum Gasteiger partial charge on any atom is 0.194 e. The summed E-state index contributed by atoms with van der Waals surface area (Å²) in [6, 6.07) is 0.789. The zero-order chi connectivity index (χ0) is 18.1. The van der Waals surface area contributed by atoms with E-state index in [9.17, 15) is 8.42 Å². The molecule has 1 aliphatic heterocycles. The first-order chi connectivity index (χ1) is 11.8. The highest BCUT2D eigenvalue weighted by Gasteiger charge is 2.41. The molecule has 1 saturated heterocycles. The third kappa shape index (κ3) is 5.70. The predicted molar refractivity (Wildman–Crippen MR) is 118 cm³/mol. The zero-order valence-electron chi connectivity index (χ0n) is 16.4. The molecule has 0 aromatic carbocycles. The quantitative estimate of drug-likeness (QED) is 0.330. The van der Waals surface area contributed by atoms with Gasteiger partial charge in [0.1, 0.15) is 0 Å². The second-order valence-electron chi connectivity index (χ2n) is 8.41. The molecule has 8 heteroatoms. The predicted octanol–water partition coefficient (Wildman–Crippen LogP) is 1.95. The molecule has 3 fully saturated rings. The van der Waals surface area contributed by atoms with Crippen molar-refractivity contribution in [2.24, 2.45) is 10.9 Å². The average molecular weight is 498 g/mol. The Balaban J connectivity index is 0.00000243. The lowest BCUT2D eigenvalue weighted by molar-refractivity contribution is 0.259. The lowest BCUT2D eigenvalue weighted by atomic mass is 10.2. The second kappa shape index (κ2) is 8.94. The van der Waals surface area contributed by atoms with Crippen molar-refractivity contribution in [2.75, 3.05) is 45.0 Å². The fourth-order valence-electron chi connectivity index (χ4n) is 3.53. The minimum absolute atomic E-state index is 0. The summed E-state index contributed by atoms with van der Waals surface area (Å²) in [4.78, 5) is 9.56. The minimum atomic E-state index is -3.02. The fourth-order valence-corrected chi connectivity index (χ4v) is 4.90. The number of halogens is 1. The Morgan fingerprint density at radius 1 is 1.27 bits per heavy atom. The van der Waals surface area contributed by atoms with Gasteiger partial charge in [-0.3, -0.25) is 9.89 Å². The topological polar surface area (TPSA) is 65.0 Å². The molecule has 0 aromatic rings. The minimum Gasteiger partial charge on any atom is -0.357 e. The number of sulfone groups is 1. The molecule has 0 spiro atoms. The number of guanidine groups is 1. The van der Waals surface area contributed by atoms with Crippen LogP contribution in [-0.2, 0) is 9.84 Å². The Kier molecular flexibility index (Phi) is 7.63. The second-order valence-corrected chi connectivity index (χ2v) is 11.1. The van der Waals surface area contributed by atoms with Crippen LogP contribution in [0.25, 0.3) is 0 Å². The first-order valence-electron chi connectivity index (χ1n) is 9.82. The van der Waals surface area contributed by atoms with E-state index in [0.29, 0.717) is 13.1 Å². The van der Waals surface area contributed by atoms with Gasteiger partial charge in [-0.1, -0.05) is 0 Å². The Morgan fingerprint density at radius 3 is 2.50 bits per heavy atom. The van der Waals surface area contributed by atoms with Crippen molar-refractivity contribution in [1.82, 2.24) is 15.1 Å². The smallest absolute Gasteiger partial charge is 0.194 e. The van der Waals surface area contributed by atoms with Gasteiger partial charge in [0.15, 0.2) is 15.8 Å². The van der Waals surface area contributed by atoms with E-state index in [1.807, 2.05) is 13.8 Å². The molecule has 0 unspecified atom stereocenters. The Hall–Kier alpha value is -0.0900. The van der Waals surface area contributed by atoms with E-state index in [1.165, 1.54) is 32.2 Å². The van der Waals surface area contributed by atoms with Crippen molar-refractivity contribution < 1.29 is 8.42 Å². The first-order valence-corrected chi connectivity index (χ1v) is 11.5. The van der Waals surface area contributed by atoms with Crippen LogP contribution in [0.1, 0.15) is 46.5 Å². The van der Waals surface area contributed by atoms with Crippen LogP contribution < -0.4 is 5.32 Å². The van der Waals surface area contributed by atoms with E-state index in [0.717, 1.165) is 37.6 Å². The molecule has 2 saturated carbocycles. The third-order valence-corrected chi connectivity index (χ3v) is 8.11. The van der Waals surface area contributed by atoms with Gasteiger partial charge in [0.05, 0.1) is 17.0 Å². The van der Waals surface area contributed by atoms with Crippen molar-refractivity contribution in [3.8, 4) is 0 Å². The summed E-state index contributed by atoms with van der Waals surface area (Å²) in [7, 11) is -3.02. The lowest BCUT2D eigenvalue weighted by Gasteiger charge is -2.39. The molecular weight excluding hydrogens is 463 g/mol. The molecule has 1 heterocycles. The third-order valence-electron chi connectivity index (χ3n) is 5.58. The van der Waals surface area contributed by atoms with Gasteiger partial charge < -0.3 is 10.2 Å². The summed E-state index contributed by atoms with van der Waals surface area (Å²) in [5, 5.41) is 3.35. The number of hydrogen-bond acceptors (Lipinski definition) is 4. The summed E-state index contributed by atoms with van der Waals surface area (Å²) < 4.78 is 23.7. The largest absolute Gasteiger partial charge is 0.357 e. The molecule has 6 nitrogen and oxygen atoms in total. The van der Waals surface area contributed by atoms with Crippen molar-refractivity contribution in [3.05, 3.63) is 0 Å². The van der Waals surface area contributed by atoms with Gasteiger partial charge in [-0.05, 0) is 52.4 Å². The highest BCUT2D eigenvalue weighted by Crippen LogP contribution is 2.34. The molecule has 26 heavy (non-hydrogen) atoms. The number of nitrogens with zero attached hydrogens (tertiary/aromatic N) is 3. The molecule has 3 aliphatic rings. The van der Waals surface area contributed by atoms with Gasteiger partial charge in [-0.2, -0.15) is 0 Å². The highest BCUT2D eigenvalue weighted by molar-refractivity contribution is 14.0. The Bertz CT molecular complexity index is 600. The zero-order valence-corrected chi connectivity index (χ0v) is 19.6. The molecule has 2 aliphatic carbocycles. The van der Waals surface area contributed by atoms with Crippen molar-refractivity contribution in [2.45, 2.75) is 57.2 Å². The van der Waals surface area contributed by atoms with Gasteiger partial charge in [-0.15, -0.1) is 24.0 Å². The molecule has 3 rings (SSSR count). The van der Waals surface area contributed by atoms with Gasteiger partial charge in [-0.25, -0.2) is 8.42 Å². The van der Waals surface area contributed by atoms with E-state index < -0.39 is 14.6 Å². The van der Waals surface area contributed by atoms with E-state index in [2.05, 4.69) is 22.0 Å². The summed E-state index contributed by atoms with van der Waals surface area (Å²) in [6.45, 7) is 10.6. The van der Waals surface area contributed by atoms with Crippen molar-refractivity contribution in [1.29, 1.82) is 0 Å². The Labute approximate surface area is 176 Å². The van der Waals surface area contributed by atoms with Gasteiger partial charge >= 0.3 is 0 Å². The molecule has 0 bridgehead atoms. The normalized spacial score (nSPS) is 25.1. The van der Waals surface area contributed by atoms with E-state index in [1.54, 1.807) is 0 Å². The van der Waals surface area contributed by atoms with Crippen molar-refractivity contribution >= 4 is 39.8 Å². The van der Waals surface area contributed by atoms with E-state index >= 15 is 0 Å². The van der Waals surface area contributed by atoms with Crippen LogP contribution in [0.3, 0.4) is 0 Å². The first kappa shape index (κ1) is 22.2. The summed E-state index contributed by atoms with van der Waals surface area (Å²) >= 11 is 0. The van der Waals surface area contributed by atoms with Crippen LogP contribution in [0.15, 0.2) is 4.99 Å².